The molecule has 6 heteroatoms. The fraction of sp³-hybridized carbons (Fsp3) is 0. The van der Waals surface area contributed by atoms with E-state index in [-0.39, 0.29) is 5.75 Å². The minimum absolute atomic E-state index is 0.227. The Kier molecular flexibility index (Phi) is 2.43. The van der Waals surface area contributed by atoms with Crippen molar-refractivity contribution in [3.63, 3.8) is 0 Å². The maximum atomic E-state index is 9.46. The lowest BCUT2D eigenvalue weighted by Gasteiger charge is -2.19. The lowest BCUT2D eigenvalue weighted by atomic mass is 10.2. The minimum Gasteiger partial charge on any atom is -0.508 e. The quantitative estimate of drug-likeness (QED) is 0.809. The molecule has 0 aliphatic carbocycles. The van der Waals surface area contributed by atoms with Gasteiger partial charge in [-0.05, 0) is 52.9 Å². The highest BCUT2D eigenvalue weighted by Gasteiger charge is 2.14. The number of hydrogen-bond donors (Lipinski definition) is 1. The molecule has 17 heavy (non-hydrogen) atoms. The number of phenolic OH excluding ortho intramolecular Hbond substituents is 1. The van der Waals surface area contributed by atoms with Gasteiger partial charge < -0.3 is 9.94 Å². The minimum atomic E-state index is 0.227. The molecule has 1 aliphatic rings. The third-order valence-corrected chi connectivity index (χ3v) is 3.16. The van der Waals surface area contributed by atoms with Crippen LogP contribution in [0.3, 0.4) is 0 Å². The maximum absolute atomic E-state index is 9.46. The predicted octanol–water partition coefficient (Wildman–Crippen LogP) is 2.26. The number of hydrogen-bond acceptors (Lipinski definition) is 4. The lowest BCUT2D eigenvalue weighted by molar-refractivity contribution is 0.167. The zero-order chi connectivity index (χ0) is 11.8. The molecule has 0 radical (unpaired) electrons. The molecule has 2 aromatic rings. The van der Waals surface area contributed by atoms with Gasteiger partial charge in [0.2, 0.25) is 0 Å². The number of allylic oxidation sites excluding steroid dienone is 2. The van der Waals surface area contributed by atoms with Gasteiger partial charge in [-0.1, -0.05) is 0 Å². The summed E-state index contributed by atoms with van der Waals surface area (Å²) in [6.07, 6.45) is 6.97. The van der Waals surface area contributed by atoms with Crippen LogP contribution in [0.5, 0.6) is 5.75 Å². The second-order valence-electron chi connectivity index (χ2n) is 3.46. The number of phenols is 1. The SMILES string of the molecule is Oc1ccc2c(c1)c(I)nn2N1C=CC=CO1. The van der Waals surface area contributed by atoms with E-state index in [4.69, 9.17) is 4.84 Å². The van der Waals surface area contributed by atoms with Crippen LogP contribution in [-0.2, 0) is 4.84 Å². The molecule has 0 atom stereocenters. The van der Waals surface area contributed by atoms with Gasteiger partial charge >= 0.3 is 0 Å². The van der Waals surface area contributed by atoms with Crippen molar-refractivity contribution in [2.45, 2.75) is 0 Å². The van der Waals surface area contributed by atoms with Crippen LogP contribution >= 0.6 is 22.6 Å². The fourth-order valence-electron chi connectivity index (χ4n) is 1.61. The van der Waals surface area contributed by atoms with Crippen LogP contribution in [0, 0.1) is 3.70 Å². The first-order valence-electron chi connectivity index (χ1n) is 4.92. The summed E-state index contributed by atoms with van der Waals surface area (Å²) in [5, 5.41) is 16.2. The third kappa shape index (κ3) is 1.74. The highest BCUT2D eigenvalue weighted by atomic mass is 127. The van der Waals surface area contributed by atoms with Crippen molar-refractivity contribution in [2.75, 3.05) is 5.17 Å². The van der Waals surface area contributed by atoms with Gasteiger partial charge in [0.15, 0.2) is 0 Å². The van der Waals surface area contributed by atoms with Crippen molar-refractivity contribution >= 4 is 33.5 Å². The Labute approximate surface area is 111 Å². The lowest BCUT2D eigenvalue weighted by Crippen LogP contribution is -2.29. The van der Waals surface area contributed by atoms with E-state index in [1.807, 2.05) is 6.08 Å². The smallest absolute Gasteiger partial charge is 0.133 e. The summed E-state index contributed by atoms with van der Waals surface area (Å²) in [6, 6.07) is 5.11. The van der Waals surface area contributed by atoms with Crippen molar-refractivity contribution in [1.82, 2.24) is 9.89 Å². The molecule has 0 fully saturated rings. The molecule has 0 saturated carbocycles. The van der Waals surface area contributed by atoms with Crippen LogP contribution in [0.25, 0.3) is 10.9 Å². The van der Waals surface area contributed by atoms with E-state index in [0.29, 0.717) is 0 Å². The molecule has 0 unspecified atom stereocenters. The standard InChI is InChI=1S/C11H8IN3O2/c12-11-9-7-8(16)3-4-10(9)15(13-11)14-5-1-2-6-17-14/h1-7,16H. The number of halogens is 1. The van der Waals surface area contributed by atoms with Crippen molar-refractivity contribution in [3.8, 4) is 5.75 Å². The first-order valence-corrected chi connectivity index (χ1v) is 6.00. The van der Waals surface area contributed by atoms with Crippen LogP contribution in [0.1, 0.15) is 0 Å². The van der Waals surface area contributed by atoms with Crippen LogP contribution < -0.4 is 5.17 Å². The van der Waals surface area contributed by atoms with Gasteiger partial charge in [0.1, 0.15) is 15.7 Å². The Balaban J connectivity index is 2.17. The zero-order valence-corrected chi connectivity index (χ0v) is 10.8. The molecule has 3 rings (SSSR count). The van der Waals surface area contributed by atoms with E-state index in [9.17, 15) is 5.11 Å². The van der Waals surface area contributed by atoms with E-state index in [0.717, 1.165) is 14.6 Å². The van der Waals surface area contributed by atoms with Gasteiger partial charge in [-0.3, -0.25) is 0 Å². The summed E-state index contributed by atoms with van der Waals surface area (Å²) in [4.78, 5) is 6.95. The topological polar surface area (TPSA) is 50.5 Å². The fourth-order valence-corrected chi connectivity index (χ4v) is 2.25. The van der Waals surface area contributed by atoms with E-state index < -0.39 is 0 Å². The molecule has 0 spiro atoms. The van der Waals surface area contributed by atoms with E-state index in [1.54, 1.807) is 41.5 Å². The molecule has 1 aromatic carbocycles. The summed E-state index contributed by atoms with van der Waals surface area (Å²) in [6.45, 7) is 0. The highest BCUT2D eigenvalue weighted by Crippen LogP contribution is 2.25. The van der Waals surface area contributed by atoms with Gasteiger partial charge in [0, 0.05) is 5.39 Å². The van der Waals surface area contributed by atoms with Crippen molar-refractivity contribution in [3.05, 3.63) is 46.5 Å². The second kappa shape index (κ2) is 3.95. The Morgan fingerprint density at radius 2 is 2.18 bits per heavy atom. The van der Waals surface area contributed by atoms with Crippen molar-refractivity contribution in [2.24, 2.45) is 0 Å². The number of aromatic hydroxyl groups is 1. The number of fused-ring (bicyclic) bond motifs is 1. The highest BCUT2D eigenvalue weighted by molar-refractivity contribution is 14.1. The summed E-state index contributed by atoms with van der Waals surface area (Å²) >= 11 is 2.12. The molecular weight excluding hydrogens is 333 g/mol. The Bertz CT molecular complexity index is 633. The molecule has 2 heterocycles. The molecule has 0 saturated heterocycles. The molecule has 1 aliphatic heterocycles. The van der Waals surface area contributed by atoms with E-state index in [2.05, 4.69) is 27.7 Å². The van der Waals surface area contributed by atoms with Gasteiger partial charge in [-0.25, -0.2) is 0 Å². The third-order valence-electron chi connectivity index (χ3n) is 2.36. The molecule has 86 valence electrons. The zero-order valence-electron chi connectivity index (χ0n) is 8.62. The average molecular weight is 341 g/mol. The van der Waals surface area contributed by atoms with Gasteiger partial charge in [-0.15, -0.1) is 15.1 Å². The summed E-state index contributed by atoms with van der Waals surface area (Å²) < 4.78 is 0.806. The molecule has 5 nitrogen and oxygen atoms in total. The van der Waals surface area contributed by atoms with Crippen molar-refractivity contribution < 1.29 is 9.94 Å². The molecule has 0 amide bonds. The van der Waals surface area contributed by atoms with Crippen LogP contribution in [0.2, 0.25) is 0 Å². The van der Waals surface area contributed by atoms with Gasteiger partial charge in [0.25, 0.3) is 0 Å². The number of benzene rings is 1. The largest absolute Gasteiger partial charge is 0.508 e. The molecule has 1 aromatic heterocycles. The van der Waals surface area contributed by atoms with Crippen LogP contribution in [-0.4, -0.2) is 15.0 Å². The first-order chi connectivity index (χ1) is 8.25. The number of hydroxylamine groups is 1. The van der Waals surface area contributed by atoms with Crippen LogP contribution in [0.15, 0.2) is 42.8 Å². The van der Waals surface area contributed by atoms with Crippen LogP contribution in [0.4, 0.5) is 0 Å². The number of nitrogens with zero attached hydrogens (tertiary/aromatic N) is 3. The van der Waals surface area contributed by atoms with Crippen molar-refractivity contribution in [1.29, 1.82) is 0 Å². The molecule has 1 N–H and O–H groups in total. The maximum Gasteiger partial charge on any atom is 0.133 e. The summed E-state index contributed by atoms with van der Waals surface area (Å²) in [5.41, 5.74) is 0.868. The van der Waals surface area contributed by atoms with Gasteiger partial charge in [-0.2, -0.15) is 0 Å². The van der Waals surface area contributed by atoms with E-state index >= 15 is 0 Å². The average Bonchev–Trinajstić information content (AvgIpc) is 2.68. The van der Waals surface area contributed by atoms with E-state index in [1.165, 1.54) is 5.17 Å². The Morgan fingerprint density at radius 1 is 1.29 bits per heavy atom. The monoisotopic (exact) mass is 341 g/mol. The van der Waals surface area contributed by atoms with Gasteiger partial charge in [0.05, 0.1) is 11.7 Å². The number of rotatable bonds is 1. The first kappa shape index (κ1) is 10.5. The molecule has 0 bridgehead atoms. The number of aromatic nitrogens is 2. The normalized spacial score (nSPS) is 14.3. The Morgan fingerprint density at radius 3 is 2.94 bits per heavy atom. The predicted molar refractivity (Wildman–Crippen MR) is 71.7 cm³/mol. The Hall–Kier alpha value is -1.70. The molecular formula is C11H8IN3O2. The summed E-state index contributed by atoms with van der Waals surface area (Å²) in [7, 11) is 0. The summed E-state index contributed by atoms with van der Waals surface area (Å²) in [5.74, 6) is 0.227. The second-order valence-corrected chi connectivity index (χ2v) is 4.48.